The molecule has 0 aliphatic rings. The summed E-state index contributed by atoms with van der Waals surface area (Å²) >= 11 is 1.02. The van der Waals surface area contributed by atoms with Gasteiger partial charge in [-0.3, -0.25) is 4.79 Å². The zero-order chi connectivity index (χ0) is 15.5. The van der Waals surface area contributed by atoms with Crippen LogP contribution >= 0.6 is 11.8 Å². The number of alkyl halides is 3. The summed E-state index contributed by atoms with van der Waals surface area (Å²) in [6, 6.07) is 10.9. The number of nitrogens with two attached hydrogens (primary N) is 1. The molecule has 1 aromatic heterocycles. The molecule has 0 aliphatic carbocycles. The van der Waals surface area contributed by atoms with Crippen LogP contribution in [0.4, 0.5) is 13.2 Å². The average molecular weight is 312 g/mol. The van der Waals surface area contributed by atoms with Crippen molar-refractivity contribution in [1.29, 1.82) is 0 Å². The van der Waals surface area contributed by atoms with Crippen LogP contribution in [0.2, 0.25) is 0 Å². The Morgan fingerprint density at radius 2 is 1.81 bits per heavy atom. The highest BCUT2D eigenvalue weighted by Crippen LogP contribution is 2.35. The molecular formula is C14H11F3N2OS. The van der Waals surface area contributed by atoms with Gasteiger partial charge in [-0.05, 0) is 17.7 Å². The van der Waals surface area contributed by atoms with Crippen molar-refractivity contribution >= 4 is 17.7 Å². The molecule has 1 atom stereocenters. The van der Waals surface area contributed by atoms with E-state index in [1.54, 1.807) is 30.3 Å². The maximum atomic E-state index is 12.5. The molecule has 1 amide bonds. The second-order valence-corrected chi connectivity index (χ2v) is 5.32. The highest BCUT2D eigenvalue weighted by molar-refractivity contribution is 8.00. The van der Waals surface area contributed by atoms with Crippen molar-refractivity contribution in [2.45, 2.75) is 16.5 Å². The monoisotopic (exact) mass is 312 g/mol. The van der Waals surface area contributed by atoms with Gasteiger partial charge in [0.1, 0.15) is 5.25 Å². The van der Waals surface area contributed by atoms with Gasteiger partial charge in [-0.15, -0.1) is 0 Å². The van der Waals surface area contributed by atoms with Gasteiger partial charge in [0.2, 0.25) is 5.91 Å². The van der Waals surface area contributed by atoms with Gasteiger partial charge in [0.25, 0.3) is 0 Å². The molecule has 110 valence electrons. The molecule has 0 saturated carbocycles. The van der Waals surface area contributed by atoms with E-state index in [2.05, 4.69) is 4.98 Å². The molecule has 3 nitrogen and oxygen atoms in total. The zero-order valence-corrected chi connectivity index (χ0v) is 11.5. The molecule has 0 saturated heterocycles. The minimum atomic E-state index is -4.43. The van der Waals surface area contributed by atoms with Crippen LogP contribution in [0, 0.1) is 0 Å². The summed E-state index contributed by atoms with van der Waals surface area (Å²) in [6.45, 7) is 0. The maximum absolute atomic E-state index is 12.5. The number of carbonyl (C=O) groups excluding carboxylic acids is 1. The molecule has 21 heavy (non-hydrogen) atoms. The molecule has 2 rings (SSSR count). The van der Waals surface area contributed by atoms with Crippen molar-refractivity contribution < 1.29 is 18.0 Å². The Morgan fingerprint density at radius 1 is 1.14 bits per heavy atom. The van der Waals surface area contributed by atoms with E-state index >= 15 is 0 Å². The van der Waals surface area contributed by atoms with E-state index in [-0.39, 0.29) is 0 Å². The van der Waals surface area contributed by atoms with Gasteiger partial charge in [0.05, 0.1) is 10.6 Å². The number of benzene rings is 1. The Labute approximate surface area is 123 Å². The van der Waals surface area contributed by atoms with Gasteiger partial charge in [-0.1, -0.05) is 42.1 Å². The molecule has 0 fully saturated rings. The Kier molecular flexibility index (Phi) is 4.52. The van der Waals surface area contributed by atoms with Crippen LogP contribution in [0.25, 0.3) is 0 Å². The van der Waals surface area contributed by atoms with Crippen molar-refractivity contribution in [3.05, 3.63) is 59.8 Å². The first-order valence-electron chi connectivity index (χ1n) is 5.92. The van der Waals surface area contributed by atoms with Gasteiger partial charge in [-0.2, -0.15) is 13.2 Å². The van der Waals surface area contributed by atoms with Gasteiger partial charge in [0, 0.05) is 6.20 Å². The number of thioether (sulfide) groups is 1. The molecule has 0 unspecified atom stereocenters. The van der Waals surface area contributed by atoms with Crippen LogP contribution in [0.5, 0.6) is 0 Å². The first-order chi connectivity index (χ1) is 9.88. The summed E-state index contributed by atoms with van der Waals surface area (Å²) in [7, 11) is 0. The Balaban J connectivity index is 2.20. The average Bonchev–Trinajstić information content (AvgIpc) is 2.45. The molecule has 0 radical (unpaired) electrons. The van der Waals surface area contributed by atoms with E-state index in [4.69, 9.17) is 5.73 Å². The summed E-state index contributed by atoms with van der Waals surface area (Å²) in [5.74, 6) is -0.576. The van der Waals surface area contributed by atoms with Gasteiger partial charge in [-0.25, -0.2) is 4.98 Å². The Hall–Kier alpha value is -2.02. The number of amides is 1. The number of pyridine rings is 1. The fourth-order valence-electron chi connectivity index (χ4n) is 1.66. The third kappa shape index (κ3) is 3.98. The molecule has 1 heterocycles. The minimum Gasteiger partial charge on any atom is -0.368 e. The van der Waals surface area contributed by atoms with Crippen molar-refractivity contribution in [2.75, 3.05) is 0 Å². The topological polar surface area (TPSA) is 56.0 Å². The first kappa shape index (κ1) is 15.4. The molecule has 0 aliphatic heterocycles. The third-order valence-electron chi connectivity index (χ3n) is 2.66. The summed E-state index contributed by atoms with van der Waals surface area (Å²) in [5, 5.41) is -0.397. The van der Waals surface area contributed by atoms with Crippen molar-refractivity contribution in [2.24, 2.45) is 5.73 Å². The van der Waals surface area contributed by atoms with E-state index in [1.165, 1.54) is 6.07 Å². The second kappa shape index (κ2) is 6.17. The van der Waals surface area contributed by atoms with Crippen LogP contribution in [-0.4, -0.2) is 10.9 Å². The lowest BCUT2D eigenvalue weighted by Crippen LogP contribution is -2.19. The number of halogens is 3. The maximum Gasteiger partial charge on any atom is 0.417 e. The van der Waals surface area contributed by atoms with Gasteiger partial charge in [0.15, 0.2) is 0 Å². The second-order valence-electron chi connectivity index (χ2n) is 4.19. The van der Waals surface area contributed by atoms with Crippen molar-refractivity contribution in [1.82, 2.24) is 4.98 Å². The van der Waals surface area contributed by atoms with E-state index in [0.717, 1.165) is 24.0 Å². The van der Waals surface area contributed by atoms with Crippen molar-refractivity contribution in [3.63, 3.8) is 0 Å². The molecule has 1 aromatic carbocycles. The van der Waals surface area contributed by atoms with E-state index in [1.807, 2.05) is 0 Å². The SMILES string of the molecule is NC(=O)[C@@H](Sc1ccc(C(F)(F)F)cn1)c1ccccc1. The van der Waals surface area contributed by atoms with Crippen LogP contribution in [-0.2, 0) is 11.0 Å². The fraction of sp³-hybridized carbons (Fsp3) is 0.143. The quantitative estimate of drug-likeness (QED) is 0.880. The lowest BCUT2D eigenvalue weighted by molar-refractivity contribution is -0.137. The number of primary amides is 1. The lowest BCUT2D eigenvalue weighted by atomic mass is 10.1. The van der Waals surface area contributed by atoms with Gasteiger partial charge < -0.3 is 5.73 Å². The van der Waals surface area contributed by atoms with Crippen LogP contribution in [0.3, 0.4) is 0 Å². The molecule has 2 N–H and O–H groups in total. The number of hydrogen-bond donors (Lipinski definition) is 1. The molecule has 7 heteroatoms. The molecule has 2 aromatic rings. The largest absolute Gasteiger partial charge is 0.417 e. The predicted molar refractivity (Wildman–Crippen MR) is 73.5 cm³/mol. The Bertz CT molecular complexity index is 614. The fourth-order valence-corrected chi connectivity index (χ4v) is 2.57. The number of hydrogen-bond acceptors (Lipinski definition) is 3. The number of rotatable bonds is 4. The highest BCUT2D eigenvalue weighted by Gasteiger charge is 2.31. The number of aromatic nitrogens is 1. The number of carbonyl (C=O) groups is 1. The van der Waals surface area contributed by atoms with E-state index < -0.39 is 22.9 Å². The highest BCUT2D eigenvalue weighted by atomic mass is 32.2. The standard InChI is InChI=1S/C14H11F3N2OS/c15-14(16,17)10-6-7-11(19-8-10)21-12(13(18)20)9-4-2-1-3-5-9/h1-8,12H,(H2,18,20)/t12-/m0/s1. The summed E-state index contributed by atoms with van der Waals surface area (Å²) < 4.78 is 37.4. The van der Waals surface area contributed by atoms with E-state index in [0.29, 0.717) is 10.6 Å². The minimum absolute atomic E-state index is 0.302. The lowest BCUT2D eigenvalue weighted by Gasteiger charge is -2.13. The number of nitrogens with zero attached hydrogens (tertiary/aromatic N) is 1. The predicted octanol–water partition coefficient (Wildman–Crippen LogP) is 3.42. The smallest absolute Gasteiger partial charge is 0.368 e. The molecular weight excluding hydrogens is 301 g/mol. The third-order valence-corrected chi connectivity index (χ3v) is 3.89. The molecule has 0 spiro atoms. The summed E-state index contributed by atoms with van der Waals surface area (Å²) in [4.78, 5) is 15.3. The van der Waals surface area contributed by atoms with E-state index in [9.17, 15) is 18.0 Å². The van der Waals surface area contributed by atoms with Crippen molar-refractivity contribution in [3.8, 4) is 0 Å². The normalized spacial score (nSPS) is 12.9. The summed E-state index contributed by atoms with van der Waals surface area (Å²) in [5.41, 5.74) is 5.19. The zero-order valence-electron chi connectivity index (χ0n) is 10.7. The van der Waals surface area contributed by atoms with Gasteiger partial charge >= 0.3 is 6.18 Å². The Morgan fingerprint density at radius 3 is 2.29 bits per heavy atom. The molecule has 0 bridgehead atoms. The van der Waals surface area contributed by atoms with Crippen LogP contribution < -0.4 is 5.73 Å². The summed E-state index contributed by atoms with van der Waals surface area (Å²) in [6.07, 6.45) is -3.69. The van der Waals surface area contributed by atoms with Crippen LogP contribution in [0.1, 0.15) is 16.4 Å². The van der Waals surface area contributed by atoms with Crippen LogP contribution in [0.15, 0.2) is 53.7 Å². The first-order valence-corrected chi connectivity index (χ1v) is 6.80.